The molecule has 0 aliphatic carbocycles. The smallest absolute Gasteiger partial charge is 0.361 e. The number of esters is 1. The van der Waals surface area contributed by atoms with Gasteiger partial charge < -0.3 is 25.6 Å². The van der Waals surface area contributed by atoms with Gasteiger partial charge in [-0.25, -0.2) is 14.8 Å². The van der Waals surface area contributed by atoms with Crippen LogP contribution in [0.1, 0.15) is 17.4 Å². The summed E-state index contributed by atoms with van der Waals surface area (Å²) in [6.07, 6.45) is 2.70. The number of aromatic nitrogens is 2. The highest BCUT2D eigenvalue weighted by atomic mass is 16.5. The van der Waals surface area contributed by atoms with Crippen molar-refractivity contribution in [2.24, 2.45) is 0 Å². The Morgan fingerprint density at radius 3 is 2.43 bits per heavy atom. The zero-order valence-electron chi connectivity index (χ0n) is 15.8. The summed E-state index contributed by atoms with van der Waals surface area (Å²) in [4.78, 5) is 36.2. The van der Waals surface area contributed by atoms with Gasteiger partial charge in [-0.2, -0.15) is 0 Å². The number of likely N-dealkylation sites (N-methyl/N-ethyl adjacent to an activating group) is 1. The number of nitrogen functional groups attached to an aromatic ring is 1. The molecule has 1 aliphatic rings. The van der Waals surface area contributed by atoms with Crippen LogP contribution in [0.4, 0.5) is 17.2 Å². The highest BCUT2D eigenvalue weighted by molar-refractivity contribution is 5.96. The van der Waals surface area contributed by atoms with Gasteiger partial charge in [0.25, 0.3) is 5.91 Å². The Morgan fingerprint density at radius 1 is 1.11 bits per heavy atom. The minimum atomic E-state index is -0.790. The monoisotopic (exact) mass is 384 g/mol. The first-order chi connectivity index (χ1) is 13.6. The minimum Gasteiger partial charge on any atom is -0.451 e. The van der Waals surface area contributed by atoms with Crippen LogP contribution >= 0.6 is 0 Å². The first kappa shape index (κ1) is 19.6. The number of anilines is 3. The molecule has 1 amide bonds. The molecule has 1 aromatic heterocycles. The summed E-state index contributed by atoms with van der Waals surface area (Å²) >= 11 is 0. The van der Waals surface area contributed by atoms with Crippen LogP contribution < -0.4 is 16.0 Å². The second kappa shape index (κ2) is 9.14. The summed E-state index contributed by atoms with van der Waals surface area (Å²) < 4.78 is 4.94. The van der Waals surface area contributed by atoms with Crippen LogP contribution in [0.5, 0.6) is 0 Å². The Hall–Kier alpha value is -3.20. The van der Waals surface area contributed by atoms with Crippen molar-refractivity contribution in [3.05, 3.63) is 42.4 Å². The fourth-order valence-corrected chi connectivity index (χ4v) is 2.98. The van der Waals surface area contributed by atoms with Crippen molar-refractivity contribution in [1.82, 2.24) is 14.9 Å². The van der Waals surface area contributed by atoms with E-state index in [1.807, 2.05) is 24.3 Å². The van der Waals surface area contributed by atoms with Crippen LogP contribution in [0.15, 0.2) is 36.7 Å². The predicted molar refractivity (Wildman–Crippen MR) is 106 cm³/mol. The Bertz CT molecular complexity index is 819. The molecule has 1 saturated heterocycles. The second-order valence-corrected chi connectivity index (χ2v) is 6.38. The summed E-state index contributed by atoms with van der Waals surface area (Å²) in [5.74, 6) is -1.27. The molecular formula is C19H24N6O3. The number of carbonyl (C=O) groups excluding carboxylic acids is 2. The van der Waals surface area contributed by atoms with Crippen LogP contribution in [0.3, 0.4) is 0 Å². The van der Waals surface area contributed by atoms with Crippen LogP contribution in [0, 0.1) is 0 Å². The molecule has 1 aliphatic heterocycles. The zero-order chi connectivity index (χ0) is 19.9. The zero-order valence-corrected chi connectivity index (χ0v) is 15.8. The van der Waals surface area contributed by atoms with Gasteiger partial charge in [0.2, 0.25) is 0 Å². The summed E-state index contributed by atoms with van der Waals surface area (Å²) in [7, 11) is 0. The van der Waals surface area contributed by atoms with E-state index in [0.717, 1.165) is 38.4 Å². The molecule has 0 unspecified atom stereocenters. The van der Waals surface area contributed by atoms with E-state index < -0.39 is 18.5 Å². The molecule has 0 saturated carbocycles. The number of ether oxygens (including phenoxy) is 1. The van der Waals surface area contributed by atoms with E-state index in [-0.39, 0.29) is 11.5 Å². The van der Waals surface area contributed by atoms with E-state index in [0.29, 0.717) is 5.69 Å². The normalized spacial score (nSPS) is 14.5. The number of benzene rings is 1. The Kier molecular flexibility index (Phi) is 6.38. The van der Waals surface area contributed by atoms with E-state index in [9.17, 15) is 9.59 Å². The lowest BCUT2D eigenvalue weighted by molar-refractivity contribution is -0.119. The predicted octanol–water partition coefficient (Wildman–Crippen LogP) is 0.996. The van der Waals surface area contributed by atoms with Crippen molar-refractivity contribution < 1.29 is 14.3 Å². The summed E-state index contributed by atoms with van der Waals surface area (Å²) in [5.41, 5.74) is 7.21. The fraction of sp³-hybridized carbons (Fsp3) is 0.368. The lowest BCUT2D eigenvalue weighted by Gasteiger charge is -2.35. The molecule has 0 radical (unpaired) electrons. The van der Waals surface area contributed by atoms with E-state index >= 15 is 0 Å². The van der Waals surface area contributed by atoms with Crippen molar-refractivity contribution in [2.75, 3.05) is 55.3 Å². The number of carbonyl (C=O) groups is 2. The maximum Gasteiger partial charge on any atom is 0.361 e. The largest absolute Gasteiger partial charge is 0.451 e. The second-order valence-electron chi connectivity index (χ2n) is 6.38. The Balaban J connectivity index is 1.48. The number of amides is 1. The van der Waals surface area contributed by atoms with Crippen LogP contribution in [-0.2, 0) is 9.53 Å². The van der Waals surface area contributed by atoms with Gasteiger partial charge in [-0.15, -0.1) is 0 Å². The molecule has 9 heteroatoms. The number of rotatable bonds is 6. The van der Waals surface area contributed by atoms with Gasteiger partial charge in [-0.05, 0) is 30.8 Å². The van der Waals surface area contributed by atoms with Crippen LogP contribution in [0.25, 0.3) is 0 Å². The van der Waals surface area contributed by atoms with Gasteiger partial charge in [0.1, 0.15) is 0 Å². The van der Waals surface area contributed by atoms with Gasteiger partial charge in [-0.1, -0.05) is 6.92 Å². The van der Waals surface area contributed by atoms with Crippen LogP contribution in [-0.4, -0.2) is 66.1 Å². The molecule has 2 aromatic rings. The number of nitrogens with two attached hydrogens (primary N) is 1. The lowest BCUT2D eigenvalue weighted by Crippen LogP contribution is -2.46. The van der Waals surface area contributed by atoms with Gasteiger partial charge >= 0.3 is 5.97 Å². The molecule has 28 heavy (non-hydrogen) atoms. The highest BCUT2D eigenvalue weighted by Crippen LogP contribution is 2.19. The van der Waals surface area contributed by atoms with Crippen molar-refractivity contribution in [1.29, 1.82) is 0 Å². The quantitative estimate of drug-likeness (QED) is 0.709. The number of hydrogen-bond donors (Lipinski definition) is 2. The SMILES string of the molecule is CCN1CCN(c2ccc(NC(=O)COC(=O)c3nccnc3N)cc2)CC1. The molecule has 0 bridgehead atoms. The molecule has 3 rings (SSSR count). The number of nitrogens with one attached hydrogen (secondary N) is 1. The molecule has 9 nitrogen and oxygen atoms in total. The standard InChI is InChI=1S/C19H24N6O3/c1-2-24-9-11-25(12-10-24)15-5-3-14(4-6-15)23-16(26)13-28-19(27)17-18(20)22-8-7-21-17/h3-8H,2,9-13H2,1H3,(H2,20,22)(H,23,26). The average Bonchev–Trinajstić information content (AvgIpc) is 2.73. The fourth-order valence-electron chi connectivity index (χ4n) is 2.98. The van der Waals surface area contributed by atoms with E-state index in [1.165, 1.54) is 12.4 Å². The minimum absolute atomic E-state index is 0.0386. The third kappa shape index (κ3) is 4.95. The van der Waals surface area contributed by atoms with Crippen molar-refractivity contribution in [2.45, 2.75) is 6.92 Å². The molecule has 0 spiro atoms. The average molecular weight is 384 g/mol. The molecule has 0 atom stereocenters. The lowest BCUT2D eigenvalue weighted by atomic mass is 10.2. The summed E-state index contributed by atoms with van der Waals surface area (Å²) in [5, 5.41) is 2.70. The van der Waals surface area contributed by atoms with Gasteiger partial charge in [0, 0.05) is 49.9 Å². The maximum absolute atomic E-state index is 12.0. The van der Waals surface area contributed by atoms with Crippen molar-refractivity contribution >= 4 is 29.1 Å². The number of piperazine rings is 1. The molecule has 148 valence electrons. The van der Waals surface area contributed by atoms with E-state index in [4.69, 9.17) is 10.5 Å². The third-order valence-electron chi connectivity index (χ3n) is 4.59. The maximum atomic E-state index is 12.0. The Morgan fingerprint density at radius 2 is 1.79 bits per heavy atom. The van der Waals surface area contributed by atoms with E-state index in [1.54, 1.807) is 0 Å². The van der Waals surface area contributed by atoms with Crippen molar-refractivity contribution in [3.63, 3.8) is 0 Å². The molecule has 2 heterocycles. The van der Waals surface area contributed by atoms with E-state index in [2.05, 4.69) is 32.0 Å². The van der Waals surface area contributed by atoms with Crippen LogP contribution in [0.2, 0.25) is 0 Å². The molecule has 3 N–H and O–H groups in total. The van der Waals surface area contributed by atoms with Gasteiger partial charge in [-0.3, -0.25) is 4.79 Å². The number of nitrogens with zero attached hydrogens (tertiary/aromatic N) is 4. The summed E-state index contributed by atoms with van der Waals surface area (Å²) in [6, 6.07) is 7.62. The third-order valence-corrected chi connectivity index (χ3v) is 4.59. The first-order valence-corrected chi connectivity index (χ1v) is 9.17. The molecule has 1 aromatic carbocycles. The molecule has 1 fully saturated rings. The van der Waals surface area contributed by atoms with Crippen molar-refractivity contribution in [3.8, 4) is 0 Å². The molecular weight excluding hydrogens is 360 g/mol. The van der Waals surface area contributed by atoms with Gasteiger partial charge in [0.05, 0.1) is 0 Å². The Labute approximate surface area is 163 Å². The number of hydrogen-bond acceptors (Lipinski definition) is 8. The first-order valence-electron chi connectivity index (χ1n) is 9.17. The summed E-state index contributed by atoms with van der Waals surface area (Å²) in [6.45, 7) is 6.89. The van der Waals surface area contributed by atoms with Gasteiger partial charge in [0.15, 0.2) is 18.1 Å². The highest BCUT2D eigenvalue weighted by Gasteiger charge is 2.17. The topological polar surface area (TPSA) is 114 Å².